The number of aliphatic hydroxyl groups is 1. The summed E-state index contributed by atoms with van der Waals surface area (Å²) in [6, 6.07) is 8.56. The van der Waals surface area contributed by atoms with Gasteiger partial charge in [-0.15, -0.1) is 0 Å². The van der Waals surface area contributed by atoms with Crippen LogP contribution < -0.4 is 10.1 Å². The van der Waals surface area contributed by atoms with Crippen LogP contribution in [0.2, 0.25) is 0 Å². The van der Waals surface area contributed by atoms with Crippen molar-refractivity contribution in [2.45, 2.75) is 26.3 Å². The second kappa shape index (κ2) is 7.30. The van der Waals surface area contributed by atoms with E-state index in [0.29, 0.717) is 12.0 Å². The molecule has 1 aromatic carbocycles. The van der Waals surface area contributed by atoms with Gasteiger partial charge in [-0.1, -0.05) is 19.1 Å². The molecule has 0 aliphatic rings. The van der Waals surface area contributed by atoms with Gasteiger partial charge >= 0.3 is 0 Å². The van der Waals surface area contributed by atoms with Crippen molar-refractivity contribution >= 4 is 0 Å². The van der Waals surface area contributed by atoms with E-state index in [9.17, 15) is 0 Å². The molecule has 0 bridgehead atoms. The van der Waals surface area contributed by atoms with E-state index in [1.54, 1.807) is 7.11 Å². The molecule has 3 heteroatoms. The van der Waals surface area contributed by atoms with Gasteiger partial charge in [0.2, 0.25) is 0 Å². The molecule has 0 spiro atoms. The quantitative estimate of drug-likeness (QED) is 0.760. The highest BCUT2D eigenvalue weighted by atomic mass is 16.5. The SMILES string of the molecule is COc1ccc(CC(C)NCC(C)CO)cc1. The maximum absolute atomic E-state index is 8.94. The Kier molecular flexibility index (Phi) is 6.01. The summed E-state index contributed by atoms with van der Waals surface area (Å²) in [7, 11) is 1.68. The van der Waals surface area contributed by atoms with Gasteiger partial charge in [0.15, 0.2) is 0 Å². The van der Waals surface area contributed by atoms with E-state index < -0.39 is 0 Å². The van der Waals surface area contributed by atoms with Crippen molar-refractivity contribution in [1.82, 2.24) is 5.32 Å². The molecule has 0 amide bonds. The van der Waals surface area contributed by atoms with E-state index in [-0.39, 0.29) is 6.61 Å². The number of nitrogens with one attached hydrogen (secondary N) is 1. The molecule has 3 nitrogen and oxygen atoms in total. The van der Waals surface area contributed by atoms with E-state index in [2.05, 4.69) is 24.4 Å². The third-order valence-corrected chi connectivity index (χ3v) is 2.83. The van der Waals surface area contributed by atoms with E-state index in [1.807, 2.05) is 19.1 Å². The van der Waals surface area contributed by atoms with Gasteiger partial charge in [-0.25, -0.2) is 0 Å². The van der Waals surface area contributed by atoms with Crippen LogP contribution in [0.5, 0.6) is 5.75 Å². The minimum atomic E-state index is 0.238. The highest BCUT2D eigenvalue weighted by Gasteiger charge is 2.05. The summed E-state index contributed by atoms with van der Waals surface area (Å²) in [6.07, 6.45) is 0.988. The number of rotatable bonds is 7. The van der Waals surface area contributed by atoms with Gasteiger partial charge in [-0.3, -0.25) is 0 Å². The lowest BCUT2D eigenvalue weighted by atomic mass is 10.1. The van der Waals surface area contributed by atoms with E-state index >= 15 is 0 Å². The highest BCUT2D eigenvalue weighted by Crippen LogP contribution is 2.12. The minimum absolute atomic E-state index is 0.238. The van der Waals surface area contributed by atoms with Crippen LogP contribution in [0.15, 0.2) is 24.3 Å². The van der Waals surface area contributed by atoms with Crippen LogP contribution in [0.3, 0.4) is 0 Å². The van der Waals surface area contributed by atoms with Crippen molar-refractivity contribution in [3.63, 3.8) is 0 Å². The lowest BCUT2D eigenvalue weighted by Gasteiger charge is -2.16. The number of hydrogen-bond acceptors (Lipinski definition) is 3. The first kappa shape index (κ1) is 14.0. The maximum atomic E-state index is 8.94. The third kappa shape index (κ3) is 5.20. The Morgan fingerprint density at radius 2 is 1.88 bits per heavy atom. The summed E-state index contributed by atoms with van der Waals surface area (Å²) < 4.78 is 5.12. The minimum Gasteiger partial charge on any atom is -0.497 e. The molecule has 0 aromatic heterocycles. The summed E-state index contributed by atoms with van der Waals surface area (Å²) in [6.45, 7) is 5.29. The van der Waals surface area contributed by atoms with Crippen LogP contribution in [-0.2, 0) is 6.42 Å². The van der Waals surface area contributed by atoms with E-state index in [4.69, 9.17) is 9.84 Å². The van der Waals surface area contributed by atoms with Gasteiger partial charge in [0.05, 0.1) is 7.11 Å². The molecule has 0 fully saturated rings. The van der Waals surface area contributed by atoms with Crippen LogP contribution in [0.4, 0.5) is 0 Å². The Bertz CT molecular complexity index is 311. The predicted molar refractivity (Wildman–Crippen MR) is 70.4 cm³/mol. The second-order valence-electron chi connectivity index (χ2n) is 4.65. The summed E-state index contributed by atoms with van der Waals surface area (Å²) in [5, 5.41) is 12.4. The molecule has 2 unspecified atom stereocenters. The lowest BCUT2D eigenvalue weighted by Crippen LogP contribution is -2.32. The third-order valence-electron chi connectivity index (χ3n) is 2.83. The van der Waals surface area contributed by atoms with Gasteiger partial charge in [0.25, 0.3) is 0 Å². The molecular formula is C14H23NO2. The van der Waals surface area contributed by atoms with Crippen molar-refractivity contribution in [2.24, 2.45) is 5.92 Å². The smallest absolute Gasteiger partial charge is 0.118 e. The Morgan fingerprint density at radius 3 is 2.41 bits per heavy atom. The molecule has 0 aliphatic heterocycles. The molecular weight excluding hydrogens is 214 g/mol. The molecule has 0 saturated heterocycles. The summed E-state index contributed by atoms with van der Waals surface area (Å²) >= 11 is 0. The molecule has 2 N–H and O–H groups in total. The van der Waals surface area contributed by atoms with Gasteiger partial charge < -0.3 is 15.2 Å². The molecule has 2 atom stereocenters. The zero-order valence-corrected chi connectivity index (χ0v) is 10.9. The first-order chi connectivity index (χ1) is 8.15. The fourth-order valence-corrected chi connectivity index (χ4v) is 1.65. The number of methoxy groups -OCH3 is 1. The van der Waals surface area contributed by atoms with Gasteiger partial charge in [0.1, 0.15) is 5.75 Å². The number of aliphatic hydroxyl groups excluding tert-OH is 1. The molecule has 1 aromatic rings. The molecule has 0 radical (unpaired) electrons. The molecule has 1 rings (SSSR count). The Morgan fingerprint density at radius 1 is 1.24 bits per heavy atom. The summed E-state index contributed by atoms with van der Waals surface area (Å²) in [4.78, 5) is 0. The van der Waals surface area contributed by atoms with E-state index in [0.717, 1.165) is 18.7 Å². The average molecular weight is 237 g/mol. The van der Waals surface area contributed by atoms with Crippen LogP contribution in [0.25, 0.3) is 0 Å². The first-order valence-electron chi connectivity index (χ1n) is 6.13. The standard InChI is InChI=1S/C14H23NO2/c1-11(10-16)9-15-12(2)8-13-4-6-14(17-3)7-5-13/h4-7,11-12,15-16H,8-10H2,1-3H3. The normalized spacial score (nSPS) is 14.4. The predicted octanol–water partition coefficient (Wildman–Crippen LogP) is 1.84. The zero-order valence-electron chi connectivity index (χ0n) is 10.9. The fourth-order valence-electron chi connectivity index (χ4n) is 1.65. The van der Waals surface area contributed by atoms with Crippen molar-refractivity contribution < 1.29 is 9.84 Å². The van der Waals surface area contributed by atoms with Crippen LogP contribution in [-0.4, -0.2) is 31.4 Å². The molecule has 0 aliphatic carbocycles. The monoisotopic (exact) mass is 237 g/mol. The van der Waals surface area contributed by atoms with Gasteiger partial charge in [0, 0.05) is 19.2 Å². The van der Waals surface area contributed by atoms with Crippen molar-refractivity contribution in [3.8, 4) is 5.75 Å². The number of benzene rings is 1. The molecule has 17 heavy (non-hydrogen) atoms. The lowest BCUT2D eigenvalue weighted by molar-refractivity contribution is 0.230. The maximum Gasteiger partial charge on any atom is 0.118 e. The highest BCUT2D eigenvalue weighted by molar-refractivity contribution is 5.27. The van der Waals surface area contributed by atoms with Crippen molar-refractivity contribution in [2.75, 3.05) is 20.3 Å². The molecule has 0 saturated carbocycles. The van der Waals surface area contributed by atoms with Crippen molar-refractivity contribution in [1.29, 1.82) is 0 Å². The largest absolute Gasteiger partial charge is 0.497 e. The first-order valence-corrected chi connectivity index (χ1v) is 6.13. The zero-order chi connectivity index (χ0) is 12.7. The molecule has 0 heterocycles. The van der Waals surface area contributed by atoms with E-state index in [1.165, 1.54) is 5.56 Å². The Hall–Kier alpha value is -1.06. The van der Waals surface area contributed by atoms with Gasteiger partial charge in [-0.05, 0) is 37.0 Å². The number of hydrogen-bond donors (Lipinski definition) is 2. The fraction of sp³-hybridized carbons (Fsp3) is 0.571. The van der Waals surface area contributed by atoms with Crippen LogP contribution in [0, 0.1) is 5.92 Å². The number of ether oxygens (including phenoxy) is 1. The Labute approximate surface area is 104 Å². The average Bonchev–Trinajstić information content (AvgIpc) is 2.36. The topological polar surface area (TPSA) is 41.5 Å². The second-order valence-corrected chi connectivity index (χ2v) is 4.65. The van der Waals surface area contributed by atoms with Crippen molar-refractivity contribution in [3.05, 3.63) is 29.8 Å². The van der Waals surface area contributed by atoms with Gasteiger partial charge in [-0.2, -0.15) is 0 Å². The Balaban J connectivity index is 2.36. The summed E-state index contributed by atoms with van der Waals surface area (Å²) in [5.74, 6) is 1.21. The van der Waals surface area contributed by atoms with Crippen LogP contribution >= 0.6 is 0 Å². The molecule has 96 valence electrons. The summed E-state index contributed by atoms with van der Waals surface area (Å²) in [5.41, 5.74) is 1.29. The van der Waals surface area contributed by atoms with Crippen LogP contribution in [0.1, 0.15) is 19.4 Å².